The zero-order valence-corrected chi connectivity index (χ0v) is 20.1. The molecule has 34 heavy (non-hydrogen) atoms. The van der Waals surface area contributed by atoms with Crippen LogP contribution in [0.5, 0.6) is 0 Å². The predicted octanol–water partition coefficient (Wildman–Crippen LogP) is 6.09. The van der Waals surface area contributed by atoms with Crippen molar-refractivity contribution < 1.29 is 4.39 Å². The van der Waals surface area contributed by atoms with E-state index >= 15 is 0 Å². The van der Waals surface area contributed by atoms with Crippen LogP contribution in [0.2, 0.25) is 0 Å². The molecule has 0 saturated carbocycles. The summed E-state index contributed by atoms with van der Waals surface area (Å²) in [4.78, 5) is 14.0. The highest BCUT2D eigenvalue weighted by molar-refractivity contribution is 9.10. The summed E-state index contributed by atoms with van der Waals surface area (Å²) < 4.78 is 19.4. The van der Waals surface area contributed by atoms with E-state index in [4.69, 9.17) is 9.97 Å². The van der Waals surface area contributed by atoms with Gasteiger partial charge in [0.05, 0.1) is 23.1 Å². The number of aryl methyl sites for hydroxylation is 1. The van der Waals surface area contributed by atoms with Gasteiger partial charge in [-0.2, -0.15) is 0 Å². The average Bonchev–Trinajstić information content (AvgIpc) is 3.54. The second kappa shape index (κ2) is 8.36. The summed E-state index contributed by atoms with van der Waals surface area (Å²) in [5.41, 5.74) is 4.64. The Morgan fingerprint density at radius 2 is 1.94 bits per heavy atom. The third kappa shape index (κ3) is 3.58. The van der Waals surface area contributed by atoms with Gasteiger partial charge in [0.1, 0.15) is 11.6 Å². The maximum atomic E-state index is 13.7. The number of aromatic nitrogens is 5. The van der Waals surface area contributed by atoms with Gasteiger partial charge in [-0.05, 0) is 61.0 Å². The van der Waals surface area contributed by atoms with Gasteiger partial charge in [0.25, 0.3) is 0 Å². The first kappa shape index (κ1) is 21.0. The fourth-order valence-electron chi connectivity index (χ4n) is 4.87. The van der Waals surface area contributed by atoms with Gasteiger partial charge in [-0.3, -0.25) is 0 Å². The van der Waals surface area contributed by atoms with Gasteiger partial charge >= 0.3 is 0 Å². The van der Waals surface area contributed by atoms with Gasteiger partial charge in [0.15, 0.2) is 0 Å². The van der Waals surface area contributed by atoms with E-state index in [1.54, 1.807) is 25.4 Å². The van der Waals surface area contributed by atoms with Crippen molar-refractivity contribution in [2.24, 2.45) is 0 Å². The lowest BCUT2D eigenvalue weighted by atomic mass is 10.1. The van der Waals surface area contributed by atoms with Crippen molar-refractivity contribution in [2.45, 2.75) is 25.4 Å². The number of hydrogen-bond donors (Lipinski definition) is 1. The van der Waals surface area contributed by atoms with Crippen LogP contribution in [0.25, 0.3) is 33.5 Å². The fraction of sp³-hybridized carbons (Fsp3) is 0.192. The molecule has 0 saturated heterocycles. The molecule has 8 heteroatoms. The molecule has 4 heterocycles. The fourth-order valence-corrected chi connectivity index (χ4v) is 5.25. The molecule has 1 atom stereocenters. The minimum Gasteiger partial charge on any atom is -0.357 e. The maximum Gasteiger partial charge on any atom is 0.222 e. The number of rotatable bonds is 5. The molecule has 0 aliphatic carbocycles. The molecule has 3 aromatic heterocycles. The molecule has 2 aromatic carbocycles. The zero-order valence-electron chi connectivity index (χ0n) is 18.5. The number of nitrogens with zero attached hydrogens (tertiary/aromatic N) is 5. The molecule has 0 unspecified atom stereocenters. The van der Waals surface area contributed by atoms with E-state index in [1.807, 2.05) is 6.07 Å². The molecule has 0 amide bonds. The van der Waals surface area contributed by atoms with Crippen LogP contribution in [0.4, 0.5) is 10.3 Å². The third-order valence-corrected chi connectivity index (χ3v) is 6.92. The predicted molar refractivity (Wildman–Crippen MR) is 135 cm³/mol. The summed E-state index contributed by atoms with van der Waals surface area (Å²) >= 11 is 3.57. The first-order chi connectivity index (χ1) is 16.6. The van der Waals surface area contributed by atoms with E-state index in [1.165, 1.54) is 23.0 Å². The molecule has 1 N–H and O–H groups in total. The lowest BCUT2D eigenvalue weighted by molar-refractivity contribution is 0.459. The maximum absolute atomic E-state index is 13.7. The molecule has 6 nitrogen and oxygen atoms in total. The van der Waals surface area contributed by atoms with Gasteiger partial charge in [0.2, 0.25) is 5.95 Å². The van der Waals surface area contributed by atoms with Crippen LogP contribution in [0.15, 0.2) is 71.5 Å². The van der Waals surface area contributed by atoms with Crippen molar-refractivity contribution in [3.8, 4) is 22.6 Å². The number of hydrogen-bond acceptors (Lipinski definition) is 4. The molecule has 0 bridgehead atoms. The Labute approximate surface area is 204 Å². The Kier molecular flexibility index (Phi) is 5.17. The van der Waals surface area contributed by atoms with Gasteiger partial charge in [-0.1, -0.05) is 15.9 Å². The van der Waals surface area contributed by atoms with Crippen LogP contribution in [0.1, 0.15) is 18.3 Å². The topological polar surface area (TPSA) is 60.6 Å². The monoisotopic (exact) mass is 516 g/mol. The second-order valence-electron chi connectivity index (χ2n) is 8.48. The molecule has 170 valence electrons. The number of fused-ring (bicyclic) bond motifs is 2. The van der Waals surface area contributed by atoms with E-state index in [2.05, 4.69) is 65.8 Å². The van der Waals surface area contributed by atoms with Gasteiger partial charge < -0.3 is 14.5 Å². The van der Waals surface area contributed by atoms with Crippen molar-refractivity contribution in [3.05, 3.63) is 83.1 Å². The van der Waals surface area contributed by atoms with Crippen molar-refractivity contribution in [1.82, 2.24) is 24.1 Å². The molecule has 0 radical (unpaired) electrons. The number of halogens is 2. The molecule has 1 aliphatic heterocycles. The average molecular weight is 517 g/mol. The summed E-state index contributed by atoms with van der Waals surface area (Å²) in [7, 11) is 1.80. The van der Waals surface area contributed by atoms with Gasteiger partial charge in [-0.15, -0.1) is 0 Å². The van der Waals surface area contributed by atoms with Crippen LogP contribution in [-0.4, -0.2) is 31.1 Å². The van der Waals surface area contributed by atoms with E-state index in [0.29, 0.717) is 5.95 Å². The molecule has 0 spiro atoms. The third-order valence-electron chi connectivity index (χ3n) is 6.43. The largest absolute Gasteiger partial charge is 0.357 e. The molecular formula is C26H22BrFN6. The van der Waals surface area contributed by atoms with Crippen LogP contribution in [0.3, 0.4) is 0 Å². The van der Waals surface area contributed by atoms with Crippen LogP contribution in [0, 0.1) is 5.82 Å². The summed E-state index contributed by atoms with van der Waals surface area (Å²) in [5.74, 6) is 1.32. The van der Waals surface area contributed by atoms with Crippen molar-refractivity contribution in [2.75, 3.05) is 12.4 Å². The number of benzene rings is 2. The summed E-state index contributed by atoms with van der Waals surface area (Å²) in [5, 5.41) is 4.23. The van der Waals surface area contributed by atoms with Gasteiger partial charge in [0, 0.05) is 53.3 Å². The Morgan fingerprint density at radius 3 is 2.76 bits per heavy atom. The Hall–Kier alpha value is -3.52. The van der Waals surface area contributed by atoms with E-state index in [0.717, 1.165) is 52.3 Å². The molecule has 1 aliphatic rings. The van der Waals surface area contributed by atoms with Crippen LogP contribution >= 0.6 is 15.9 Å². The van der Waals surface area contributed by atoms with Crippen molar-refractivity contribution >= 4 is 32.8 Å². The quantitative estimate of drug-likeness (QED) is 0.307. The summed E-state index contributed by atoms with van der Waals surface area (Å²) in [6, 6.07) is 17.2. The second-order valence-corrected chi connectivity index (χ2v) is 9.40. The Morgan fingerprint density at radius 1 is 1.09 bits per heavy atom. The minimum absolute atomic E-state index is 0.221. The van der Waals surface area contributed by atoms with Crippen molar-refractivity contribution in [1.29, 1.82) is 0 Å². The Bertz CT molecular complexity index is 1500. The first-order valence-electron chi connectivity index (χ1n) is 11.2. The van der Waals surface area contributed by atoms with Crippen LogP contribution < -0.4 is 5.32 Å². The number of imidazole rings is 1. The SMILES string of the molecule is CNc1nccc(-c2c(-c3ccc(F)cc3)nc3n2[C@H](Cn2ccc4cc(Br)ccc42)CC3)n1. The molecule has 5 aromatic rings. The highest BCUT2D eigenvalue weighted by atomic mass is 79.9. The zero-order chi connectivity index (χ0) is 23.2. The summed E-state index contributed by atoms with van der Waals surface area (Å²) in [6.07, 6.45) is 5.78. The van der Waals surface area contributed by atoms with E-state index in [9.17, 15) is 4.39 Å². The van der Waals surface area contributed by atoms with E-state index in [-0.39, 0.29) is 11.9 Å². The molecule has 6 rings (SSSR count). The lowest BCUT2D eigenvalue weighted by Gasteiger charge is -2.19. The first-order valence-corrected chi connectivity index (χ1v) is 12.0. The highest BCUT2D eigenvalue weighted by Crippen LogP contribution is 2.40. The highest BCUT2D eigenvalue weighted by Gasteiger charge is 2.31. The summed E-state index contributed by atoms with van der Waals surface area (Å²) in [6.45, 7) is 0.828. The smallest absolute Gasteiger partial charge is 0.222 e. The number of anilines is 1. The Balaban J connectivity index is 1.48. The number of nitrogens with one attached hydrogen (secondary N) is 1. The minimum atomic E-state index is -0.263. The van der Waals surface area contributed by atoms with Crippen molar-refractivity contribution in [3.63, 3.8) is 0 Å². The molecular weight excluding hydrogens is 495 g/mol. The van der Waals surface area contributed by atoms with Gasteiger partial charge in [-0.25, -0.2) is 19.3 Å². The molecule has 0 fully saturated rings. The lowest BCUT2D eigenvalue weighted by Crippen LogP contribution is -2.13. The van der Waals surface area contributed by atoms with Crippen LogP contribution in [-0.2, 0) is 13.0 Å². The normalized spacial score (nSPS) is 15.1. The standard InChI is InChI=1S/C26H22BrFN6/c1-29-26-30-12-10-21(31-26)25-24(16-2-5-19(28)6-3-16)32-23-9-7-20(34(23)25)15-33-13-11-17-14-18(27)4-8-22(17)33/h2-6,8,10-14,20H,7,9,15H2,1H3,(H,29,30,31)/t20-/m0/s1. The van der Waals surface area contributed by atoms with E-state index < -0.39 is 0 Å².